The number of aromatic nitrogens is 4. The molecule has 4 heterocycles. The van der Waals surface area contributed by atoms with Crippen LogP contribution in [0.1, 0.15) is 121 Å². The van der Waals surface area contributed by atoms with Gasteiger partial charge in [0.05, 0.1) is 34.2 Å². The maximum absolute atomic E-state index is 5.37. The summed E-state index contributed by atoms with van der Waals surface area (Å²) in [5.41, 5.74) is 19.7. The summed E-state index contributed by atoms with van der Waals surface area (Å²) in [6.07, 6.45) is 16.8. The van der Waals surface area contributed by atoms with Gasteiger partial charge in [-0.1, -0.05) is 37.0 Å². The van der Waals surface area contributed by atoms with Gasteiger partial charge < -0.3 is 9.68 Å². The first-order chi connectivity index (χ1) is 23.6. The van der Waals surface area contributed by atoms with Gasteiger partial charge in [-0.25, -0.2) is 19.9 Å². The third-order valence-electron chi connectivity index (χ3n) is 10.9. The van der Waals surface area contributed by atoms with E-state index in [1.807, 2.05) is 0 Å². The summed E-state index contributed by atoms with van der Waals surface area (Å²) in [5.74, 6) is 0. The van der Waals surface area contributed by atoms with Gasteiger partial charge in [-0.05, 0) is 147 Å². The molecule has 0 bridgehead atoms. The van der Waals surface area contributed by atoms with Crippen molar-refractivity contribution in [2.75, 3.05) is 14.2 Å². The molecule has 0 unspecified atom stereocenters. The molecule has 0 saturated heterocycles. The molecule has 4 aliphatic rings. The highest BCUT2D eigenvalue weighted by Crippen LogP contribution is 2.42. The fraction of sp³-hybridized carbons (Fsp3) is 0.500. The first-order valence-electron chi connectivity index (χ1n) is 18.3. The van der Waals surface area contributed by atoms with Crippen molar-refractivity contribution in [3.8, 4) is 22.8 Å². The second-order valence-electron chi connectivity index (χ2n) is 13.9. The normalized spacial score (nSPS) is 17.8. The van der Waals surface area contributed by atoms with E-state index in [0.717, 1.165) is 147 Å². The highest BCUT2D eigenvalue weighted by atomic mass is 16.6. The highest BCUT2D eigenvalue weighted by Gasteiger charge is 2.32. The van der Waals surface area contributed by atoms with Crippen molar-refractivity contribution < 1.29 is 9.68 Å². The largest absolute Gasteiger partial charge is 0.399 e. The topological polar surface area (TPSA) is 94.7 Å². The smallest absolute Gasteiger partial charge is 0.160 e. The third-order valence-corrected chi connectivity index (χ3v) is 10.9. The summed E-state index contributed by atoms with van der Waals surface area (Å²) < 4.78 is 0. The van der Waals surface area contributed by atoms with Crippen LogP contribution in [0.4, 0.5) is 0 Å². The highest BCUT2D eigenvalue weighted by molar-refractivity contribution is 6.02. The molecular formula is C40H46N6O2. The van der Waals surface area contributed by atoms with Crippen LogP contribution in [-0.2, 0) is 61.0 Å². The van der Waals surface area contributed by atoms with Gasteiger partial charge in [0.1, 0.15) is 25.6 Å². The molecule has 8 heteroatoms. The summed E-state index contributed by atoms with van der Waals surface area (Å²) in [6, 6.07) is 4.66. The van der Waals surface area contributed by atoms with Crippen LogP contribution in [0.2, 0.25) is 0 Å². The number of unbranched alkanes of at least 4 members (excludes halogenated alkanes) is 2. The van der Waals surface area contributed by atoms with Gasteiger partial charge in [0.15, 0.2) is 5.65 Å². The predicted octanol–water partition coefficient (Wildman–Crippen LogP) is 8.01. The van der Waals surface area contributed by atoms with E-state index in [9.17, 15) is 0 Å². The van der Waals surface area contributed by atoms with Gasteiger partial charge in [0.2, 0.25) is 0 Å². The molecule has 0 radical (unpaired) electrons. The molecule has 0 N–H and O–H groups in total. The zero-order chi connectivity index (χ0) is 32.8. The molecule has 4 aliphatic carbocycles. The summed E-state index contributed by atoms with van der Waals surface area (Å²) in [6.45, 7) is 4.54. The van der Waals surface area contributed by atoms with Crippen LogP contribution in [0, 0.1) is 0 Å². The van der Waals surface area contributed by atoms with Crippen LogP contribution in [0.5, 0.6) is 0 Å². The quantitative estimate of drug-likeness (QED) is 0.181. The van der Waals surface area contributed by atoms with Crippen molar-refractivity contribution in [2.45, 2.75) is 117 Å². The molecule has 248 valence electrons. The molecule has 0 saturated carbocycles. The summed E-state index contributed by atoms with van der Waals surface area (Å²) in [5, 5.41) is 9.99. The van der Waals surface area contributed by atoms with Gasteiger partial charge >= 0.3 is 0 Å². The van der Waals surface area contributed by atoms with Crippen LogP contribution in [0.15, 0.2) is 22.4 Å². The average molecular weight is 643 g/mol. The van der Waals surface area contributed by atoms with Gasteiger partial charge in [-0.15, -0.1) is 0 Å². The molecule has 4 aromatic heterocycles. The number of rotatable bonds is 8. The summed E-state index contributed by atoms with van der Waals surface area (Å²) >= 11 is 0. The lowest BCUT2D eigenvalue weighted by molar-refractivity contribution is 0.212. The molecule has 0 atom stereocenters. The Kier molecular flexibility index (Phi) is 8.43. The van der Waals surface area contributed by atoms with E-state index >= 15 is 0 Å². The molecule has 0 aliphatic heterocycles. The number of fused-ring (bicyclic) bond motifs is 9. The molecule has 0 fully saturated rings. The Bertz CT molecular complexity index is 1860. The standard InChI is InChI=1S/C40H46N6O2/c1-5-7-11-26-28-13-9-15-32(45-47-3)36(28)41-38-30(26)19-17-23-21-25-22-24-18-20-31-27(12-8-6-2)29-14-10-16-33(46-48-4)37(29)42-39(31)35(24)44-40(25)43-34(23)38/h21-22H,5-20H2,1-4H3/b45-32+,46-33+. The second-order valence-corrected chi connectivity index (χ2v) is 13.9. The van der Waals surface area contributed by atoms with Gasteiger partial charge in [-0.2, -0.15) is 0 Å². The van der Waals surface area contributed by atoms with Crippen molar-refractivity contribution in [1.29, 1.82) is 0 Å². The lowest BCUT2D eigenvalue weighted by atomic mass is 9.80. The van der Waals surface area contributed by atoms with E-state index in [-0.39, 0.29) is 0 Å². The first-order valence-corrected chi connectivity index (χ1v) is 18.3. The monoisotopic (exact) mass is 642 g/mol. The number of hydrogen-bond donors (Lipinski definition) is 0. The van der Waals surface area contributed by atoms with Crippen molar-refractivity contribution in [2.24, 2.45) is 10.3 Å². The molecule has 48 heavy (non-hydrogen) atoms. The molecule has 0 spiro atoms. The van der Waals surface area contributed by atoms with Crippen LogP contribution in [0.3, 0.4) is 0 Å². The minimum absolute atomic E-state index is 0.772. The number of aryl methyl sites for hydroxylation is 2. The van der Waals surface area contributed by atoms with Crippen molar-refractivity contribution in [1.82, 2.24) is 19.9 Å². The van der Waals surface area contributed by atoms with Crippen LogP contribution >= 0.6 is 0 Å². The molecule has 0 aromatic carbocycles. The lowest BCUT2D eigenvalue weighted by Gasteiger charge is -2.29. The second kappa shape index (κ2) is 13.0. The van der Waals surface area contributed by atoms with Crippen LogP contribution in [-0.4, -0.2) is 45.6 Å². The number of oxime groups is 2. The summed E-state index contributed by atoms with van der Waals surface area (Å²) in [4.78, 5) is 32.1. The minimum Gasteiger partial charge on any atom is -0.399 e. The van der Waals surface area contributed by atoms with E-state index in [1.54, 1.807) is 14.2 Å². The number of nitrogens with zero attached hydrogens (tertiary/aromatic N) is 6. The fourth-order valence-electron chi connectivity index (χ4n) is 8.69. The van der Waals surface area contributed by atoms with E-state index in [4.69, 9.17) is 29.6 Å². The van der Waals surface area contributed by atoms with Gasteiger partial charge in [0.25, 0.3) is 0 Å². The zero-order valence-corrected chi connectivity index (χ0v) is 29.0. The number of hydrogen-bond acceptors (Lipinski definition) is 8. The van der Waals surface area contributed by atoms with E-state index < -0.39 is 0 Å². The third kappa shape index (κ3) is 5.19. The predicted molar refractivity (Wildman–Crippen MR) is 191 cm³/mol. The molecule has 0 amide bonds. The molecule has 8 rings (SSSR count). The Morgan fingerprint density at radius 3 is 1.44 bits per heavy atom. The zero-order valence-electron chi connectivity index (χ0n) is 29.0. The average Bonchev–Trinajstić information content (AvgIpc) is 3.11. The van der Waals surface area contributed by atoms with Crippen molar-refractivity contribution in [3.63, 3.8) is 0 Å². The van der Waals surface area contributed by atoms with Gasteiger partial charge in [0, 0.05) is 5.39 Å². The van der Waals surface area contributed by atoms with Gasteiger partial charge in [-0.3, -0.25) is 0 Å². The Morgan fingerprint density at radius 1 is 0.542 bits per heavy atom. The Labute approximate surface area is 283 Å². The van der Waals surface area contributed by atoms with Crippen molar-refractivity contribution >= 4 is 22.5 Å². The summed E-state index contributed by atoms with van der Waals surface area (Å²) in [7, 11) is 3.27. The SMILES string of the molecule is CCCCc1c2c(nc3c1CCc1cc4cc5c(nc4nc1-3)-c1nc3c(c(CCCC)c1CC5)CCC/C3=N\OC)/C(=N/OC)CCC2. The van der Waals surface area contributed by atoms with Crippen LogP contribution < -0.4 is 0 Å². The Morgan fingerprint density at radius 2 is 1.00 bits per heavy atom. The van der Waals surface area contributed by atoms with Crippen molar-refractivity contribution in [3.05, 3.63) is 68.0 Å². The Balaban J connectivity index is 1.31. The molecular weight excluding hydrogens is 596 g/mol. The fourth-order valence-corrected chi connectivity index (χ4v) is 8.69. The van der Waals surface area contributed by atoms with E-state index in [1.165, 1.54) is 57.3 Å². The first kappa shape index (κ1) is 31.1. The van der Waals surface area contributed by atoms with Crippen LogP contribution in [0.25, 0.3) is 33.8 Å². The molecule has 8 nitrogen and oxygen atoms in total. The minimum atomic E-state index is 0.772. The van der Waals surface area contributed by atoms with E-state index in [0.29, 0.717) is 0 Å². The molecule has 4 aromatic rings. The number of pyridine rings is 4. The van der Waals surface area contributed by atoms with E-state index in [2.05, 4.69) is 36.3 Å². The Hall–Kier alpha value is -4.20. The lowest BCUT2D eigenvalue weighted by Crippen LogP contribution is -2.22. The maximum atomic E-state index is 5.37. The maximum Gasteiger partial charge on any atom is 0.160 e.